The van der Waals surface area contributed by atoms with E-state index in [4.69, 9.17) is 5.10 Å². The summed E-state index contributed by atoms with van der Waals surface area (Å²) in [4.78, 5) is 2.52. The molecule has 1 saturated heterocycles. The highest BCUT2D eigenvalue weighted by Crippen LogP contribution is 2.27. The summed E-state index contributed by atoms with van der Waals surface area (Å²) in [6, 6.07) is 8.35. The van der Waals surface area contributed by atoms with Gasteiger partial charge in [0.25, 0.3) is 0 Å². The Morgan fingerprint density at radius 2 is 1.93 bits per heavy atom. The topological polar surface area (TPSA) is 63.3 Å². The maximum Gasteiger partial charge on any atom is 0.160 e. The summed E-state index contributed by atoms with van der Waals surface area (Å²) in [5, 5.41) is 17.0. The second-order valence-corrected chi connectivity index (χ2v) is 7.42. The molecule has 28 heavy (non-hydrogen) atoms. The maximum atomic E-state index is 4.82. The summed E-state index contributed by atoms with van der Waals surface area (Å²) >= 11 is 0. The fraction of sp³-hybridized carbons (Fsp3) is 0.526. The third kappa shape index (κ3) is 4.17. The summed E-state index contributed by atoms with van der Waals surface area (Å²) in [7, 11) is 0. The molecule has 7 nitrogen and oxygen atoms in total. The SMILES string of the molecule is Cl.Cl.c1ccn2c(C3CCN(Cc4cc5n(n4)CCCNC5)CC3)nnc2c1. The van der Waals surface area contributed by atoms with Crippen molar-refractivity contribution in [1.82, 2.24) is 34.6 Å². The second kappa shape index (κ2) is 9.22. The normalized spacial score (nSPS) is 18.1. The van der Waals surface area contributed by atoms with Gasteiger partial charge in [-0.3, -0.25) is 14.0 Å². The minimum atomic E-state index is 0. The zero-order valence-corrected chi connectivity index (χ0v) is 17.5. The number of halogens is 2. The third-order valence-electron chi connectivity index (χ3n) is 5.62. The van der Waals surface area contributed by atoms with Gasteiger partial charge in [0, 0.05) is 31.7 Å². The van der Waals surface area contributed by atoms with Gasteiger partial charge in [0.15, 0.2) is 5.65 Å². The molecule has 5 rings (SSSR count). The first kappa shape index (κ1) is 21.0. The number of nitrogens with zero attached hydrogens (tertiary/aromatic N) is 6. The third-order valence-corrected chi connectivity index (χ3v) is 5.62. The van der Waals surface area contributed by atoms with Crippen LogP contribution in [0.25, 0.3) is 5.65 Å². The molecule has 152 valence electrons. The van der Waals surface area contributed by atoms with Crippen LogP contribution < -0.4 is 5.32 Å². The van der Waals surface area contributed by atoms with Crippen LogP contribution in [0.4, 0.5) is 0 Å². The number of hydrogen-bond acceptors (Lipinski definition) is 5. The van der Waals surface area contributed by atoms with Crippen molar-refractivity contribution >= 4 is 30.5 Å². The fourth-order valence-electron chi connectivity index (χ4n) is 4.22. The highest BCUT2D eigenvalue weighted by Gasteiger charge is 2.25. The van der Waals surface area contributed by atoms with Gasteiger partial charge in [-0.15, -0.1) is 35.0 Å². The van der Waals surface area contributed by atoms with Crippen LogP contribution in [0.5, 0.6) is 0 Å². The molecule has 0 radical (unpaired) electrons. The molecule has 3 aromatic rings. The maximum absolute atomic E-state index is 4.82. The Balaban J connectivity index is 0.00000112. The van der Waals surface area contributed by atoms with E-state index >= 15 is 0 Å². The number of pyridine rings is 1. The van der Waals surface area contributed by atoms with E-state index in [0.717, 1.165) is 70.0 Å². The molecule has 0 unspecified atom stereocenters. The highest BCUT2D eigenvalue weighted by molar-refractivity contribution is 5.85. The monoisotopic (exact) mass is 423 g/mol. The molecule has 5 heterocycles. The van der Waals surface area contributed by atoms with E-state index < -0.39 is 0 Å². The van der Waals surface area contributed by atoms with E-state index in [1.165, 1.54) is 11.4 Å². The van der Waals surface area contributed by atoms with Gasteiger partial charge in [-0.05, 0) is 57.1 Å². The Hall–Kier alpha value is -1.67. The number of fused-ring (bicyclic) bond motifs is 2. The number of aryl methyl sites for hydroxylation is 1. The van der Waals surface area contributed by atoms with Crippen LogP contribution in [-0.2, 0) is 19.6 Å². The molecule has 2 aliphatic heterocycles. The summed E-state index contributed by atoms with van der Waals surface area (Å²) in [6.45, 7) is 6.19. The molecule has 1 fully saturated rings. The number of rotatable bonds is 3. The molecule has 0 atom stereocenters. The Labute approximate surface area is 177 Å². The van der Waals surface area contributed by atoms with Gasteiger partial charge in [-0.1, -0.05) is 6.07 Å². The predicted octanol–water partition coefficient (Wildman–Crippen LogP) is 2.64. The van der Waals surface area contributed by atoms with Gasteiger partial charge >= 0.3 is 0 Å². The molecule has 0 aromatic carbocycles. The summed E-state index contributed by atoms with van der Waals surface area (Å²) in [5.41, 5.74) is 3.47. The Morgan fingerprint density at radius 3 is 2.79 bits per heavy atom. The van der Waals surface area contributed by atoms with Gasteiger partial charge < -0.3 is 5.32 Å². The first-order chi connectivity index (χ1) is 12.9. The summed E-state index contributed by atoms with van der Waals surface area (Å²) in [6.07, 6.45) is 5.49. The van der Waals surface area contributed by atoms with Gasteiger partial charge in [-0.25, -0.2) is 0 Å². The fourth-order valence-corrected chi connectivity index (χ4v) is 4.22. The van der Waals surface area contributed by atoms with Crippen LogP contribution >= 0.6 is 24.8 Å². The van der Waals surface area contributed by atoms with Gasteiger partial charge in [0.1, 0.15) is 5.82 Å². The Morgan fingerprint density at radius 1 is 1.07 bits per heavy atom. The summed E-state index contributed by atoms with van der Waals surface area (Å²) in [5.74, 6) is 1.60. The van der Waals surface area contributed by atoms with Crippen LogP contribution in [-0.4, -0.2) is 48.9 Å². The van der Waals surface area contributed by atoms with Crippen molar-refractivity contribution in [3.05, 3.63) is 47.7 Å². The first-order valence-electron chi connectivity index (χ1n) is 9.65. The van der Waals surface area contributed by atoms with Crippen molar-refractivity contribution in [2.24, 2.45) is 0 Å². The van der Waals surface area contributed by atoms with E-state index in [2.05, 4.69) is 41.8 Å². The number of piperidine rings is 1. The molecule has 3 aromatic heterocycles. The minimum Gasteiger partial charge on any atom is -0.311 e. The molecular formula is C19H27Cl2N7. The quantitative estimate of drug-likeness (QED) is 0.701. The van der Waals surface area contributed by atoms with E-state index in [-0.39, 0.29) is 24.8 Å². The number of hydrogen-bond donors (Lipinski definition) is 1. The van der Waals surface area contributed by atoms with Crippen molar-refractivity contribution in [2.75, 3.05) is 19.6 Å². The number of likely N-dealkylation sites (tertiary alicyclic amines) is 1. The van der Waals surface area contributed by atoms with Crippen LogP contribution in [0.2, 0.25) is 0 Å². The number of aromatic nitrogens is 5. The minimum absolute atomic E-state index is 0. The molecular weight excluding hydrogens is 397 g/mol. The predicted molar refractivity (Wildman–Crippen MR) is 113 cm³/mol. The standard InChI is InChI=1S/C19H25N7.2ClH/c1-2-8-25-18(4-1)21-22-19(25)15-5-10-24(11-6-15)14-16-12-17-13-20-7-3-9-26(17)23-16;;/h1-2,4,8,12,15,20H,3,5-7,9-11,13-14H2;2*1H. The molecule has 1 N–H and O–H groups in total. The smallest absolute Gasteiger partial charge is 0.160 e. The summed E-state index contributed by atoms with van der Waals surface area (Å²) < 4.78 is 4.32. The molecule has 0 saturated carbocycles. The molecule has 0 bridgehead atoms. The van der Waals surface area contributed by atoms with Gasteiger partial charge in [0.05, 0.1) is 11.4 Å². The molecule has 0 amide bonds. The Kier molecular flexibility index (Phi) is 6.93. The number of nitrogens with one attached hydrogen (secondary N) is 1. The highest BCUT2D eigenvalue weighted by atomic mass is 35.5. The largest absolute Gasteiger partial charge is 0.311 e. The molecule has 9 heteroatoms. The van der Waals surface area contributed by atoms with E-state index in [1.54, 1.807) is 0 Å². The first-order valence-corrected chi connectivity index (χ1v) is 9.65. The second-order valence-electron chi connectivity index (χ2n) is 7.42. The van der Waals surface area contributed by atoms with E-state index in [1.807, 2.05) is 18.2 Å². The van der Waals surface area contributed by atoms with Crippen LogP contribution in [0.3, 0.4) is 0 Å². The van der Waals surface area contributed by atoms with Crippen LogP contribution in [0.15, 0.2) is 30.5 Å². The van der Waals surface area contributed by atoms with Crippen molar-refractivity contribution in [2.45, 2.75) is 44.8 Å². The van der Waals surface area contributed by atoms with Crippen molar-refractivity contribution in [3.8, 4) is 0 Å². The molecule has 0 spiro atoms. The van der Waals surface area contributed by atoms with Gasteiger partial charge in [-0.2, -0.15) is 5.10 Å². The Bertz CT molecular complexity index is 875. The van der Waals surface area contributed by atoms with Crippen molar-refractivity contribution in [3.63, 3.8) is 0 Å². The average molecular weight is 424 g/mol. The molecule has 0 aliphatic carbocycles. The van der Waals surface area contributed by atoms with E-state index in [9.17, 15) is 0 Å². The van der Waals surface area contributed by atoms with Crippen molar-refractivity contribution < 1.29 is 0 Å². The zero-order chi connectivity index (χ0) is 17.3. The lowest BCUT2D eigenvalue weighted by molar-refractivity contribution is 0.198. The van der Waals surface area contributed by atoms with Crippen molar-refractivity contribution in [1.29, 1.82) is 0 Å². The lowest BCUT2D eigenvalue weighted by atomic mass is 9.96. The van der Waals surface area contributed by atoms with Crippen LogP contribution in [0.1, 0.15) is 42.4 Å². The molecule has 2 aliphatic rings. The lowest BCUT2D eigenvalue weighted by Gasteiger charge is -2.30. The average Bonchev–Trinajstić information content (AvgIpc) is 3.20. The van der Waals surface area contributed by atoms with Crippen LogP contribution in [0, 0.1) is 0 Å². The zero-order valence-electron chi connectivity index (χ0n) is 15.8. The van der Waals surface area contributed by atoms with E-state index in [0.29, 0.717) is 5.92 Å². The van der Waals surface area contributed by atoms with Gasteiger partial charge in [0.2, 0.25) is 0 Å². The lowest BCUT2D eigenvalue weighted by Crippen LogP contribution is -2.33.